The largest absolute Gasteiger partial charge is 0.507 e. The van der Waals surface area contributed by atoms with E-state index in [4.69, 9.17) is 4.74 Å². The fraction of sp³-hybridized carbons (Fsp3) is 0.167. The van der Waals surface area contributed by atoms with Gasteiger partial charge in [0.05, 0.1) is 0 Å². The van der Waals surface area contributed by atoms with Gasteiger partial charge in [0.15, 0.2) is 0 Å². The minimum absolute atomic E-state index is 0.260. The van der Waals surface area contributed by atoms with Crippen LogP contribution < -0.4 is 20.7 Å². The smallest absolute Gasteiger partial charge is 0.308 e. The highest BCUT2D eigenvalue weighted by atomic mass is 31.2. The lowest BCUT2D eigenvalue weighted by Gasteiger charge is -2.29. The van der Waals surface area contributed by atoms with Gasteiger partial charge in [-0.25, -0.2) is 0 Å². The highest BCUT2D eigenvalue weighted by Crippen LogP contribution is 2.60. The molecular weight excluding hydrogens is 439 g/mol. The zero-order valence-corrected chi connectivity index (χ0v) is 21.0. The molecule has 0 atom stereocenters. The van der Waals surface area contributed by atoms with E-state index in [1.54, 1.807) is 0 Å². The number of esters is 1. The van der Waals surface area contributed by atoms with Crippen LogP contribution in [0.2, 0.25) is 0 Å². The van der Waals surface area contributed by atoms with Gasteiger partial charge in [-0.2, -0.15) is 0 Å². The molecule has 172 valence electrons. The first kappa shape index (κ1) is 23.7. The zero-order valence-electron chi connectivity index (χ0n) is 20.1. The minimum atomic E-state index is -2.23. The molecule has 0 saturated heterocycles. The molecule has 34 heavy (non-hydrogen) atoms. The number of carbonyl (C=O) groups is 1. The van der Waals surface area contributed by atoms with Crippen LogP contribution >= 0.6 is 7.26 Å². The number of aromatic hydroxyl groups is 1. The third kappa shape index (κ3) is 4.24. The standard InChI is InChI=1S/C30H29O3P/c1-21-22(2)30(33-24(4)31)28(23(3)29(21)32)20-34(25-14-8-5-9-15-25,26-16-10-6-11-17-26)27-18-12-7-13-19-27/h5-19H,20H2,1-4H3/p+1. The van der Waals surface area contributed by atoms with Crippen LogP contribution in [0.25, 0.3) is 0 Å². The lowest BCUT2D eigenvalue weighted by atomic mass is 9.98. The van der Waals surface area contributed by atoms with Crippen molar-refractivity contribution in [2.45, 2.75) is 33.9 Å². The van der Waals surface area contributed by atoms with E-state index in [0.717, 1.165) is 22.3 Å². The summed E-state index contributed by atoms with van der Waals surface area (Å²) in [6.07, 6.45) is 0.619. The third-order valence-electron chi connectivity index (χ3n) is 6.57. The lowest BCUT2D eigenvalue weighted by molar-refractivity contribution is -0.132. The van der Waals surface area contributed by atoms with E-state index in [1.807, 2.05) is 39.0 Å². The molecule has 0 aliphatic carbocycles. The van der Waals surface area contributed by atoms with Gasteiger partial charge in [0.25, 0.3) is 0 Å². The second-order valence-corrected chi connectivity index (χ2v) is 12.1. The highest BCUT2D eigenvalue weighted by Gasteiger charge is 2.47. The van der Waals surface area contributed by atoms with Gasteiger partial charge in [0, 0.05) is 18.1 Å². The molecule has 0 fully saturated rings. The van der Waals surface area contributed by atoms with Crippen molar-refractivity contribution in [3.05, 3.63) is 113 Å². The Hall–Kier alpha value is -3.42. The molecule has 0 bridgehead atoms. The molecular formula is C30H30O3P+. The van der Waals surface area contributed by atoms with Crippen molar-refractivity contribution < 1.29 is 14.6 Å². The third-order valence-corrected chi connectivity index (χ3v) is 10.9. The Morgan fingerprint density at radius 3 is 1.50 bits per heavy atom. The Balaban J connectivity index is 2.09. The van der Waals surface area contributed by atoms with E-state index < -0.39 is 7.26 Å². The summed E-state index contributed by atoms with van der Waals surface area (Å²) in [7, 11) is -2.23. The Morgan fingerprint density at radius 1 is 0.706 bits per heavy atom. The Kier molecular flexibility index (Phi) is 6.86. The van der Waals surface area contributed by atoms with Crippen molar-refractivity contribution in [2.24, 2.45) is 0 Å². The maximum Gasteiger partial charge on any atom is 0.308 e. The molecule has 4 aromatic carbocycles. The molecule has 0 aromatic heterocycles. The fourth-order valence-corrected chi connectivity index (χ4v) is 8.99. The zero-order chi connectivity index (χ0) is 24.3. The fourth-order valence-electron chi connectivity index (χ4n) is 4.65. The first-order valence-corrected chi connectivity index (χ1v) is 13.4. The normalized spacial score (nSPS) is 11.3. The molecule has 0 spiro atoms. The Labute approximate surface area is 202 Å². The molecule has 0 heterocycles. The summed E-state index contributed by atoms with van der Waals surface area (Å²) in [5.74, 6) is 0.458. The topological polar surface area (TPSA) is 46.5 Å². The van der Waals surface area contributed by atoms with Crippen LogP contribution in [0.5, 0.6) is 11.5 Å². The summed E-state index contributed by atoms with van der Waals surface area (Å²) >= 11 is 0. The molecule has 4 aromatic rings. The number of phenols is 1. The van der Waals surface area contributed by atoms with Crippen molar-refractivity contribution >= 4 is 29.1 Å². The van der Waals surface area contributed by atoms with E-state index in [-0.39, 0.29) is 11.7 Å². The molecule has 0 aliphatic heterocycles. The molecule has 0 unspecified atom stereocenters. The van der Waals surface area contributed by atoms with Crippen molar-refractivity contribution in [3.63, 3.8) is 0 Å². The van der Waals surface area contributed by atoms with E-state index in [0.29, 0.717) is 11.9 Å². The maximum absolute atomic E-state index is 12.1. The first-order chi connectivity index (χ1) is 16.4. The van der Waals surface area contributed by atoms with Crippen molar-refractivity contribution in [2.75, 3.05) is 0 Å². The quantitative estimate of drug-likeness (QED) is 0.223. The monoisotopic (exact) mass is 469 g/mol. The second kappa shape index (κ2) is 9.83. The van der Waals surface area contributed by atoms with E-state index in [1.165, 1.54) is 22.8 Å². The van der Waals surface area contributed by atoms with Crippen LogP contribution in [-0.4, -0.2) is 11.1 Å². The number of benzene rings is 4. The van der Waals surface area contributed by atoms with Crippen LogP contribution in [-0.2, 0) is 11.0 Å². The van der Waals surface area contributed by atoms with Crippen molar-refractivity contribution in [3.8, 4) is 11.5 Å². The number of carbonyl (C=O) groups excluding carboxylic acids is 1. The van der Waals surface area contributed by atoms with Crippen LogP contribution in [0.1, 0.15) is 29.2 Å². The minimum Gasteiger partial charge on any atom is -0.507 e. The number of phenolic OH excluding ortho intramolecular Hbond substituents is 1. The molecule has 0 aliphatic rings. The molecule has 1 N–H and O–H groups in total. The van der Waals surface area contributed by atoms with Gasteiger partial charge in [0.2, 0.25) is 0 Å². The Bertz CT molecular complexity index is 1200. The number of ether oxygens (including phenoxy) is 1. The summed E-state index contributed by atoms with van der Waals surface area (Å²) < 4.78 is 5.81. The first-order valence-electron chi connectivity index (χ1n) is 11.4. The van der Waals surface area contributed by atoms with E-state index in [2.05, 4.69) is 72.8 Å². The van der Waals surface area contributed by atoms with E-state index in [9.17, 15) is 9.90 Å². The van der Waals surface area contributed by atoms with Crippen LogP contribution in [0.15, 0.2) is 91.0 Å². The predicted octanol–water partition coefficient (Wildman–Crippen LogP) is 5.74. The molecule has 0 saturated carbocycles. The molecule has 0 amide bonds. The molecule has 0 radical (unpaired) electrons. The summed E-state index contributed by atoms with van der Waals surface area (Å²) in [5.41, 5.74) is 3.16. The van der Waals surface area contributed by atoms with Gasteiger partial charge in [-0.1, -0.05) is 54.6 Å². The average Bonchev–Trinajstić information content (AvgIpc) is 2.87. The van der Waals surface area contributed by atoms with Crippen LogP contribution in [0.4, 0.5) is 0 Å². The summed E-state index contributed by atoms with van der Waals surface area (Å²) in [6, 6.07) is 31.7. The summed E-state index contributed by atoms with van der Waals surface area (Å²) in [6.45, 7) is 7.11. The van der Waals surface area contributed by atoms with Crippen molar-refractivity contribution in [1.82, 2.24) is 0 Å². The summed E-state index contributed by atoms with van der Waals surface area (Å²) in [5, 5.41) is 14.7. The number of hydrogen-bond donors (Lipinski definition) is 1. The van der Waals surface area contributed by atoms with Gasteiger partial charge in [-0.15, -0.1) is 0 Å². The predicted molar refractivity (Wildman–Crippen MR) is 142 cm³/mol. The molecule has 4 rings (SSSR count). The second-order valence-electron chi connectivity index (χ2n) is 8.60. The molecule has 3 nitrogen and oxygen atoms in total. The lowest BCUT2D eigenvalue weighted by Crippen LogP contribution is -2.33. The SMILES string of the molecule is CC(=O)Oc1c(C)c(C)c(O)c(C)c1C[P+](c1ccccc1)(c1ccccc1)c1ccccc1. The van der Waals surface area contributed by atoms with Gasteiger partial charge in [-0.3, -0.25) is 4.79 Å². The number of hydrogen-bond acceptors (Lipinski definition) is 3. The Morgan fingerprint density at radius 2 is 1.12 bits per heavy atom. The summed E-state index contributed by atoms with van der Waals surface area (Å²) in [4.78, 5) is 12.1. The maximum atomic E-state index is 12.1. The van der Waals surface area contributed by atoms with Gasteiger partial charge < -0.3 is 9.84 Å². The van der Waals surface area contributed by atoms with E-state index >= 15 is 0 Å². The average molecular weight is 470 g/mol. The van der Waals surface area contributed by atoms with Crippen LogP contribution in [0.3, 0.4) is 0 Å². The van der Waals surface area contributed by atoms with Gasteiger partial charge >= 0.3 is 5.97 Å². The van der Waals surface area contributed by atoms with Gasteiger partial charge in [0.1, 0.15) is 40.8 Å². The molecule has 4 heteroatoms. The van der Waals surface area contributed by atoms with Crippen molar-refractivity contribution in [1.29, 1.82) is 0 Å². The van der Waals surface area contributed by atoms with Gasteiger partial charge in [-0.05, 0) is 68.3 Å². The van der Waals surface area contributed by atoms with Crippen LogP contribution in [0, 0.1) is 20.8 Å². The highest BCUT2D eigenvalue weighted by molar-refractivity contribution is 7.95. The number of rotatable bonds is 6.